The van der Waals surface area contributed by atoms with Gasteiger partial charge < -0.3 is 5.32 Å². The molecule has 0 bridgehead atoms. The first-order valence-electron chi connectivity index (χ1n) is 6.47. The summed E-state index contributed by atoms with van der Waals surface area (Å²) in [4.78, 5) is 8.26. The van der Waals surface area contributed by atoms with Gasteiger partial charge in [-0.3, -0.25) is 10.1 Å². The fourth-order valence-corrected chi connectivity index (χ4v) is 2.28. The molecule has 108 valence electrons. The molecule has 0 aliphatic heterocycles. The SMILES string of the molecule is Cc1cc(Nc2cc(-c3cccnc3)c(C#N)c(Cl)n2)n[nH]1. The molecule has 3 aromatic heterocycles. The monoisotopic (exact) mass is 310 g/mol. The van der Waals surface area contributed by atoms with Crippen LogP contribution in [0.2, 0.25) is 5.15 Å². The molecule has 0 amide bonds. The van der Waals surface area contributed by atoms with Gasteiger partial charge in [0.05, 0.1) is 5.56 Å². The number of halogens is 1. The van der Waals surface area contributed by atoms with Crippen LogP contribution in [0.25, 0.3) is 11.1 Å². The number of aromatic nitrogens is 4. The second kappa shape index (κ2) is 5.84. The summed E-state index contributed by atoms with van der Waals surface area (Å²) in [5.74, 6) is 1.14. The predicted molar refractivity (Wildman–Crippen MR) is 83.8 cm³/mol. The Morgan fingerprint density at radius 3 is 2.82 bits per heavy atom. The molecule has 0 radical (unpaired) electrons. The lowest BCUT2D eigenvalue weighted by Gasteiger charge is -2.09. The molecule has 2 N–H and O–H groups in total. The van der Waals surface area contributed by atoms with Crippen LogP contribution in [-0.2, 0) is 0 Å². The lowest BCUT2D eigenvalue weighted by molar-refractivity contribution is 1.05. The molecule has 3 aromatic rings. The number of hydrogen-bond donors (Lipinski definition) is 2. The number of nitriles is 1. The van der Waals surface area contributed by atoms with Crippen LogP contribution in [0.1, 0.15) is 11.3 Å². The van der Waals surface area contributed by atoms with Crippen molar-refractivity contribution in [2.45, 2.75) is 6.92 Å². The number of H-pyrrole nitrogens is 1. The standard InChI is InChI=1S/C15H11ClN6/c1-9-5-14(22-21-9)19-13-6-11(10-3-2-4-18-8-10)12(7-17)15(16)20-13/h2-6,8H,1H3,(H2,19,20,21,22). The maximum absolute atomic E-state index is 9.31. The molecule has 0 fully saturated rings. The van der Waals surface area contributed by atoms with E-state index in [2.05, 4.69) is 31.6 Å². The minimum absolute atomic E-state index is 0.138. The fraction of sp³-hybridized carbons (Fsp3) is 0.0667. The highest BCUT2D eigenvalue weighted by atomic mass is 35.5. The molecule has 0 aliphatic carbocycles. The molecule has 6 nitrogen and oxygen atoms in total. The van der Waals surface area contributed by atoms with Gasteiger partial charge in [0.1, 0.15) is 17.0 Å². The zero-order valence-electron chi connectivity index (χ0n) is 11.6. The first-order valence-corrected chi connectivity index (χ1v) is 6.85. The Bertz CT molecular complexity index is 850. The zero-order valence-corrected chi connectivity index (χ0v) is 12.4. The van der Waals surface area contributed by atoms with Crippen LogP contribution in [0, 0.1) is 18.3 Å². The van der Waals surface area contributed by atoms with Gasteiger partial charge in [-0.2, -0.15) is 10.4 Å². The molecule has 0 atom stereocenters. The van der Waals surface area contributed by atoms with Crippen molar-refractivity contribution in [1.29, 1.82) is 5.26 Å². The van der Waals surface area contributed by atoms with Gasteiger partial charge >= 0.3 is 0 Å². The van der Waals surface area contributed by atoms with Crippen LogP contribution < -0.4 is 5.32 Å². The summed E-state index contributed by atoms with van der Waals surface area (Å²) in [6.45, 7) is 1.90. The quantitative estimate of drug-likeness (QED) is 0.723. The first-order chi connectivity index (χ1) is 10.7. The molecule has 0 aromatic carbocycles. The summed E-state index contributed by atoms with van der Waals surface area (Å²) in [6, 6.07) is 9.35. The summed E-state index contributed by atoms with van der Waals surface area (Å²) in [6.07, 6.45) is 3.35. The van der Waals surface area contributed by atoms with Gasteiger partial charge in [-0.15, -0.1) is 0 Å². The van der Waals surface area contributed by atoms with E-state index in [-0.39, 0.29) is 5.15 Å². The molecular weight excluding hydrogens is 300 g/mol. The molecule has 3 heterocycles. The normalized spacial score (nSPS) is 10.2. The number of aromatic amines is 1. The number of nitrogens with zero attached hydrogens (tertiary/aromatic N) is 4. The molecular formula is C15H11ClN6. The average Bonchev–Trinajstić information content (AvgIpc) is 2.92. The third kappa shape index (κ3) is 2.75. The molecule has 22 heavy (non-hydrogen) atoms. The molecule has 3 rings (SSSR count). The van der Waals surface area contributed by atoms with E-state index in [4.69, 9.17) is 11.6 Å². The number of rotatable bonds is 3. The second-order valence-electron chi connectivity index (χ2n) is 4.64. The highest BCUT2D eigenvalue weighted by molar-refractivity contribution is 6.31. The Hall–Kier alpha value is -2.91. The number of anilines is 2. The Morgan fingerprint density at radius 1 is 1.32 bits per heavy atom. The number of pyridine rings is 2. The van der Waals surface area contributed by atoms with E-state index in [9.17, 15) is 5.26 Å². The van der Waals surface area contributed by atoms with Gasteiger partial charge in [-0.1, -0.05) is 17.7 Å². The van der Waals surface area contributed by atoms with E-state index < -0.39 is 0 Å². The van der Waals surface area contributed by atoms with Gasteiger partial charge in [0.25, 0.3) is 0 Å². The topological polar surface area (TPSA) is 90.3 Å². The van der Waals surface area contributed by atoms with E-state index >= 15 is 0 Å². The van der Waals surface area contributed by atoms with Gasteiger partial charge in [-0.05, 0) is 19.1 Å². The summed E-state index contributed by atoms with van der Waals surface area (Å²) in [5.41, 5.74) is 2.71. The van der Waals surface area contributed by atoms with Crippen LogP contribution >= 0.6 is 11.6 Å². The molecule has 0 aliphatic rings. The third-order valence-electron chi connectivity index (χ3n) is 3.02. The Morgan fingerprint density at radius 2 is 2.18 bits per heavy atom. The van der Waals surface area contributed by atoms with Crippen molar-refractivity contribution in [3.05, 3.63) is 53.1 Å². The average molecular weight is 311 g/mol. The lowest BCUT2D eigenvalue weighted by Crippen LogP contribution is -1.98. The largest absolute Gasteiger partial charge is 0.323 e. The van der Waals surface area contributed by atoms with Gasteiger partial charge in [0.2, 0.25) is 0 Å². The summed E-state index contributed by atoms with van der Waals surface area (Å²) >= 11 is 6.13. The summed E-state index contributed by atoms with van der Waals surface area (Å²) < 4.78 is 0. The van der Waals surface area contributed by atoms with Crippen molar-refractivity contribution < 1.29 is 0 Å². The fourth-order valence-electron chi connectivity index (χ4n) is 2.05. The first kappa shape index (κ1) is 14.0. The Kier molecular flexibility index (Phi) is 3.73. The summed E-state index contributed by atoms with van der Waals surface area (Å²) in [5, 5.41) is 19.4. The molecule has 0 saturated carbocycles. The third-order valence-corrected chi connectivity index (χ3v) is 3.30. The highest BCUT2D eigenvalue weighted by Crippen LogP contribution is 2.30. The van der Waals surface area contributed by atoms with Crippen molar-refractivity contribution in [2.75, 3.05) is 5.32 Å². The number of nitrogens with one attached hydrogen (secondary N) is 2. The minimum Gasteiger partial charge on any atom is -0.323 e. The van der Waals surface area contributed by atoms with Crippen LogP contribution in [-0.4, -0.2) is 20.2 Å². The van der Waals surface area contributed by atoms with Crippen molar-refractivity contribution in [3.8, 4) is 17.2 Å². The molecule has 0 saturated heterocycles. The van der Waals surface area contributed by atoms with Crippen molar-refractivity contribution in [1.82, 2.24) is 20.2 Å². The lowest BCUT2D eigenvalue weighted by atomic mass is 10.0. The van der Waals surface area contributed by atoms with E-state index in [0.29, 0.717) is 22.8 Å². The molecule has 0 unspecified atom stereocenters. The van der Waals surface area contributed by atoms with E-state index in [0.717, 1.165) is 11.3 Å². The van der Waals surface area contributed by atoms with Gasteiger partial charge in [0, 0.05) is 35.3 Å². The number of hydrogen-bond acceptors (Lipinski definition) is 5. The van der Waals surface area contributed by atoms with Crippen LogP contribution in [0.3, 0.4) is 0 Å². The smallest absolute Gasteiger partial charge is 0.153 e. The number of aryl methyl sites for hydroxylation is 1. The Labute approximate surface area is 131 Å². The molecule has 0 spiro atoms. The van der Waals surface area contributed by atoms with Gasteiger partial charge in [-0.25, -0.2) is 4.98 Å². The van der Waals surface area contributed by atoms with Crippen molar-refractivity contribution in [2.24, 2.45) is 0 Å². The van der Waals surface area contributed by atoms with E-state index in [1.165, 1.54) is 0 Å². The second-order valence-corrected chi connectivity index (χ2v) is 4.99. The highest BCUT2D eigenvalue weighted by Gasteiger charge is 2.13. The maximum Gasteiger partial charge on any atom is 0.153 e. The molecule has 7 heteroatoms. The van der Waals surface area contributed by atoms with E-state index in [1.807, 2.05) is 19.1 Å². The maximum atomic E-state index is 9.31. The predicted octanol–water partition coefficient (Wildman–Crippen LogP) is 3.44. The van der Waals surface area contributed by atoms with Crippen LogP contribution in [0.15, 0.2) is 36.7 Å². The van der Waals surface area contributed by atoms with E-state index in [1.54, 1.807) is 24.5 Å². The van der Waals surface area contributed by atoms with Gasteiger partial charge in [0.15, 0.2) is 5.82 Å². The van der Waals surface area contributed by atoms with Crippen LogP contribution in [0.4, 0.5) is 11.6 Å². The zero-order chi connectivity index (χ0) is 15.5. The van der Waals surface area contributed by atoms with Crippen LogP contribution in [0.5, 0.6) is 0 Å². The summed E-state index contributed by atoms with van der Waals surface area (Å²) in [7, 11) is 0. The Balaban J connectivity index is 2.07. The van der Waals surface area contributed by atoms with Crippen molar-refractivity contribution in [3.63, 3.8) is 0 Å². The minimum atomic E-state index is 0.138. The van der Waals surface area contributed by atoms with Crippen molar-refractivity contribution >= 4 is 23.2 Å².